The molecule has 0 aromatic carbocycles. The number of carbonyl (C=O) groups excluding carboxylic acids is 3. The average molecular weight is 275 g/mol. The maximum absolute atomic E-state index is 11.6. The number of carbonyl (C=O) groups is 4. The van der Waals surface area contributed by atoms with E-state index in [1.807, 2.05) is 0 Å². The number of likely N-dealkylation sites (N-methyl/N-ethyl adjacent to an activating group) is 2. The molecule has 0 aromatic heterocycles. The van der Waals surface area contributed by atoms with Gasteiger partial charge in [0, 0.05) is 14.1 Å². The number of amides is 3. The molecule has 9 heteroatoms. The van der Waals surface area contributed by atoms with Gasteiger partial charge in [0.25, 0.3) is 0 Å². The van der Waals surface area contributed by atoms with Gasteiger partial charge in [-0.25, -0.2) is 9.59 Å². The third-order valence-corrected chi connectivity index (χ3v) is 2.20. The summed E-state index contributed by atoms with van der Waals surface area (Å²) in [5.41, 5.74) is 0. The molecule has 3 amide bonds. The predicted molar refractivity (Wildman–Crippen MR) is 63.3 cm³/mol. The highest BCUT2D eigenvalue weighted by atomic mass is 16.5. The summed E-state index contributed by atoms with van der Waals surface area (Å²) in [6.45, 7) is -0.229. The molecule has 0 saturated heterocycles. The van der Waals surface area contributed by atoms with Crippen LogP contribution >= 0.6 is 0 Å². The summed E-state index contributed by atoms with van der Waals surface area (Å²) in [5, 5.41) is 13.3. The molecule has 108 valence electrons. The summed E-state index contributed by atoms with van der Waals surface area (Å²) < 4.78 is 4.32. The average Bonchev–Trinajstić information content (AvgIpc) is 2.36. The van der Waals surface area contributed by atoms with Crippen molar-refractivity contribution in [2.75, 3.05) is 27.7 Å². The van der Waals surface area contributed by atoms with E-state index in [0.29, 0.717) is 0 Å². The zero-order chi connectivity index (χ0) is 15.0. The van der Waals surface area contributed by atoms with Crippen molar-refractivity contribution in [1.82, 2.24) is 15.5 Å². The number of rotatable bonds is 6. The molecule has 0 spiro atoms. The maximum atomic E-state index is 11.6. The van der Waals surface area contributed by atoms with Crippen molar-refractivity contribution in [3.8, 4) is 0 Å². The van der Waals surface area contributed by atoms with Gasteiger partial charge >= 0.3 is 18.0 Å². The van der Waals surface area contributed by atoms with E-state index in [1.165, 1.54) is 14.1 Å². The Labute approximate surface area is 109 Å². The fourth-order valence-electron chi connectivity index (χ4n) is 1.08. The summed E-state index contributed by atoms with van der Waals surface area (Å²) in [7, 11) is 3.84. The van der Waals surface area contributed by atoms with Gasteiger partial charge in [-0.15, -0.1) is 0 Å². The number of urea groups is 1. The van der Waals surface area contributed by atoms with Crippen LogP contribution in [0.25, 0.3) is 0 Å². The SMILES string of the molecule is CNC(=O)CN(C)C(=O)N[C@@H](CC(=O)OC)C(=O)O. The first-order valence-electron chi connectivity index (χ1n) is 5.33. The molecule has 0 saturated carbocycles. The predicted octanol–water partition coefficient (Wildman–Crippen LogP) is -1.61. The summed E-state index contributed by atoms with van der Waals surface area (Å²) >= 11 is 0. The van der Waals surface area contributed by atoms with Crippen molar-refractivity contribution in [1.29, 1.82) is 0 Å². The van der Waals surface area contributed by atoms with E-state index in [2.05, 4.69) is 15.4 Å². The largest absolute Gasteiger partial charge is 0.480 e. The van der Waals surface area contributed by atoms with Crippen LogP contribution in [0.3, 0.4) is 0 Å². The molecule has 19 heavy (non-hydrogen) atoms. The van der Waals surface area contributed by atoms with Crippen LogP contribution in [-0.4, -0.2) is 67.7 Å². The molecule has 0 aliphatic rings. The number of carboxylic acids is 1. The molecule has 9 nitrogen and oxygen atoms in total. The Morgan fingerprint density at radius 3 is 2.32 bits per heavy atom. The first kappa shape index (κ1) is 16.7. The van der Waals surface area contributed by atoms with Crippen LogP contribution in [-0.2, 0) is 19.1 Å². The van der Waals surface area contributed by atoms with Crippen molar-refractivity contribution in [2.24, 2.45) is 0 Å². The van der Waals surface area contributed by atoms with Crippen molar-refractivity contribution in [3.63, 3.8) is 0 Å². The zero-order valence-electron chi connectivity index (χ0n) is 10.9. The first-order chi connectivity index (χ1) is 8.81. The second-order valence-corrected chi connectivity index (χ2v) is 3.65. The van der Waals surface area contributed by atoms with E-state index < -0.39 is 36.3 Å². The lowest BCUT2D eigenvalue weighted by Crippen LogP contribution is -2.49. The Morgan fingerprint density at radius 2 is 1.89 bits per heavy atom. The summed E-state index contributed by atoms with van der Waals surface area (Å²) in [4.78, 5) is 45.5. The lowest BCUT2D eigenvalue weighted by atomic mass is 10.2. The number of nitrogens with one attached hydrogen (secondary N) is 2. The van der Waals surface area contributed by atoms with Crippen molar-refractivity contribution >= 4 is 23.9 Å². The standard InChI is InChI=1S/C10H17N3O6/c1-11-7(14)5-13(2)10(18)12-6(9(16)17)4-8(15)19-3/h6H,4-5H2,1-3H3,(H,11,14)(H,12,18)(H,16,17)/t6-/m0/s1. The third-order valence-electron chi connectivity index (χ3n) is 2.20. The third kappa shape index (κ3) is 6.24. The molecule has 1 atom stereocenters. The number of ether oxygens (including phenoxy) is 1. The zero-order valence-corrected chi connectivity index (χ0v) is 10.9. The lowest BCUT2D eigenvalue weighted by molar-refractivity contribution is -0.147. The van der Waals surface area contributed by atoms with Crippen LogP contribution < -0.4 is 10.6 Å². The van der Waals surface area contributed by atoms with Gasteiger partial charge in [-0.2, -0.15) is 0 Å². The molecule has 0 aliphatic heterocycles. The molecule has 0 aromatic rings. The van der Waals surface area contributed by atoms with Crippen LogP contribution in [0, 0.1) is 0 Å². The van der Waals surface area contributed by atoms with Crippen molar-refractivity contribution in [2.45, 2.75) is 12.5 Å². The number of hydrogen-bond donors (Lipinski definition) is 3. The van der Waals surface area contributed by atoms with Crippen molar-refractivity contribution in [3.05, 3.63) is 0 Å². The molecule has 3 N–H and O–H groups in total. The topological polar surface area (TPSA) is 125 Å². The molecule has 0 rings (SSSR count). The van der Waals surface area contributed by atoms with Crippen molar-refractivity contribution < 1.29 is 29.0 Å². The highest BCUT2D eigenvalue weighted by molar-refractivity contribution is 5.88. The van der Waals surface area contributed by atoms with E-state index in [0.717, 1.165) is 12.0 Å². The van der Waals surface area contributed by atoms with Crippen LogP contribution in [0.4, 0.5) is 4.79 Å². The van der Waals surface area contributed by atoms with Gasteiger partial charge in [0.15, 0.2) is 0 Å². The second kappa shape index (κ2) is 7.90. The number of nitrogens with zero attached hydrogens (tertiary/aromatic N) is 1. The lowest BCUT2D eigenvalue weighted by Gasteiger charge is -2.20. The van der Waals surface area contributed by atoms with Crippen LogP contribution in [0.15, 0.2) is 0 Å². The van der Waals surface area contributed by atoms with Gasteiger partial charge in [-0.3, -0.25) is 9.59 Å². The minimum Gasteiger partial charge on any atom is -0.480 e. The highest BCUT2D eigenvalue weighted by Gasteiger charge is 2.25. The molecule has 0 bridgehead atoms. The van der Waals surface area contributed by atoms with Gasteiger partial charge in [-0.1, -0.05) is 0 Å². The molecule has 0 radical (unpaired) electrons. The summed E-state index contributed by atoms with van der Waals surface area (Å²) in [6.07, 6.45) is -0.495. The van der Waals surface area contributed by atoms with Crippen LogP contribution in [0.2, 0.25) is 0 Å². The van der Waals surface area contributed by atoms with Gasteiger partial charge in [-0.05, 0) is 0 Å². The van der Waals surface area contributed by atoms with E-state index in [4.69, 9.17) is 5.11 Å². The molecule has 0 heterocycles. The monoisotopic (exact) mass is 275 g/mol. The van der Waals surface area contributed by atoms with E-state index in [9.17, 15) is 19.2 Å². The quantitative estimate of drug-likeness (QED) is 0.501. The van der Waals surface area contributed by atoms with Crippen LogP contribution in [0.5, 0.6) is 0 Å². The molecular weight excluding hydrogens is 258 g/mol. The molecule has 0 aliphatic carbocycles. The Morgan fingerprint density at radius 1 is 1.32 bits per heavy atom. The van der Waals surface area contributed by atoms with Gasteiger partial charge in [0.05, 0.1) is 13.5 Å². The summed E-state index contributed by atoms with van der Waals surface area (Å²) in [5.74, 6) is -2.54. The highest BCUT2D eigenvalue weighted by Crippen LogP contribution is 1.97. The van der Waals surface area contributed by atoms with Gasteiger partial charge < -0.3 is 25.4 Å². The fraction of sp³-hybridized carbons (Fsp3) is 0.600. The second-order valence-electron chi connectivity index (χ2n) is 3.65. The number of hydrogen-bond acceptors (Lipinski definition) is 5. The minimum absolute atomic E-state index is 0.229. The maximum Gasteiger partial charge on any atom is 0.326 e. The Bertz CT molecular complexity index is 370. The van der Waals surface area contributed by atoms with Crippen LogP contribution in [0.1, 0.15) is 6.42 Å². The van der Waals surface area contributed by atoms with Gasteiger partial charge in [0.2, 0.25) is 5.91 Å². The number of carboxylic acid groups (broad SMARTS) is 1. The number of esters is 1. The Hall–Kier alpha value is -2.32. The number of aliphatic carboxylic acids is 1. The molecular formula is C10H17N3O6. The summed E-state index contributed by atoms with van der Waals surface area (Å²) in [6, 6.07) is -2.19. The smallest absolute Gasteiger partial charge is 0.326 e. The molecule has 0 unspecified atom stereocenters. The first-order valence-corrected chi connectivity index (χ1v) is 5.33. The van der Waals surface area contributed by atoms with Gasteiger partial charge in [0.1, 0.15) is 12.6 Å². The minimum atomic E-state index is -1.41. The number of methoxy groups -OCH3 is 1. The fourth-order valence-corrected chi connectivity index (χ4v) is 1.08. The van der Waals surface area contributed by atoms with E-state index in [1.54, 1.807) is 0 Å². The molecule has 0 fully saturated rings. The Balaban J connectivity index is 4.50. The Kier molecular flexibility index (Phi) is 6.94. The van der Waals surface area contributed by atoms with E-state index in [-0.39, 0.29) is 6.54 Å². The van der Waals surface area contributed by atoms with E-state index >= 15 is 0 Å². The normalized spacial score (nSPS) is 11.1.